The Morgan fingerprint density at radius 3 is 2.82 bits per heavy atom. The zero-order valence-corrected chi connectivity index (χ0v) is 16.4. The first-order valence-corrected chi connectivity index (χ1v) is 11.3. The van der Waals surface area contributed by atoms with E-state index in [4.69, 9.17) is 4.52 Å². The molecule has 2 aromatic heterocycles. The predicted molar refractivity (Wildman–Crippen MR) is 105 cm³/mol. The number of hydrogen-bond donors (Lipinski definition) is 1. The van der Waals surface area contributed by atoms with Crippen molar-refractivity contribution in [3.8, 4) is 0 Å². The molecule has 0 bridgehead atoms. The molecular formula is C19H21N5O3S. The first-order chi connectivity index (χ1) is 13.5. The average Bonchev–Trinajstić information content (AvgIpc) is 3.31. The molecule has 1 fully saturated rings. The van der Waals surface area contributed by atoms with Gasteiger partial charge in [-0.1, -0.05) is 5.16 Å². The molecule has 28 heavy (non-hydrogen) atoms. The molecule has 1 saturated heterocycles. The Kier molecular flexibility index (Phi) is 4.09. The van der Waals surface area contributed by atoms with Crippen molar-refractivity contribution < 1.29 is 12.9 Å². The number of sulfone groups is 1. The van der Waals surface area contributed by atoms with E-state index in [0.717, 1.165) is 54.8 Å². The van der Waals surface area contributed by atoms with Gasteiger partial charge in [0.25, 0.3) is 0 Å². The molecule has 8 nitrogen and oxygen atoms in total. The number of nitrogens with one attached hydrogen (secondary N) is 1. The number of rotatable bonds is 3. The summed E-state index contributed by atoms with van der Waals surface area (Å²) in [5, 5.41) is 7.71. The summed E-state index contributed by atoms with van der Waals surface area (Å²) in [6.07, 6.45) is 5.57. The number of fused-ring (bicyclic) bond motifs is 2. The van der Waals surface area contributed by atoms with E-state index >= 15 is 0 Å². The molecular weight excluding hydrogens is 378 g/mol. The second kappa shape index (κ2) is 6.52. The third kappa shape index (κ3) is 2.85. The van der Waals surface area contributed by atoms with Crippen molar-refractivity contribution in [1.29, 1.82) is 0 Å². The Hall–Kier alpha value is -2.52. The van der Waals surface area contributed by atoms with Crippen LogP contribution in [0.1, 0.15) is 30.0 Å². The molecule has 5 rings (SSSR count). The fraction of sp³-hybridized carbons (Fsp3) is 0.421. The quantitative estimate of drug-likeness (QED) is 0.715. The van der Waals surface area contributed by atoms with Crippen LogP contribution in [0.3, 0.4) is 0 Å². The number of hydrogen-bond acceptors (Lipinski definition) is 8. The molecule has 1 aromatic carbocycles. The highest BCUT2D eigenvalue weighted by atomic mass is 32.2. The van der Waals surface area contributed by atoms with E-state index in [1.54, 1.807) is 18.5 Å². The summed E-state index contributed by atoms with van der Waals surface area (Å²) in [5.74, 6) is 1.02. The van der Waals surface area contributed by atoms with Crippen molar-refractivity contribution in [3.63, 3.8) is 0 Å². The molecule has 2 aliphatic heterocycles. The minimum absolute atomic E-state index is 0.341. The Morgan fingerprint density at radius 1 is 1.21 bits per heavy atom. The van der Waals surface area contributed by atoms with Gasteiger partial charge in [0.1, 0.15) is 17.5 Å². The molecule has 2 aliphatic rings. The normalized spacial score (nSPS) is 18.0. The zero-order valence-electron chi connectivity index (χ0n) is 15.6. The molecule has 9 heteroatoms. The van der Waals surface area contributed by atoms with E-state index in [9.17, 15) is 8.42 Å². The second-order valence-corrected chi connectivity index (χ2v) is 9.45. The Balaban J connectivity index is 1.56. The maximum Gasteiger partial charge on any atom is 0.228 e. The smallest absolute Gasteiger partial charge is 0.228 e. The van der Waals surface area contributed by atoms with Gasteiger partial charge < -0.3 is 14.7 Å². The van der Waals surface area contributed by atoms with Crippen LogP contribution in [0.15, 0.2) is 33.9 Å². The van der Waals surface area contributed by atoms with Crippen molar-refractivity contribution in [2.75, 3.05) is 30.8 Å². The van der Waals surface area contributed by atoms with E-state index in [2.05, 4.69) is 25.3 Å². The van der Waals surface area contributed by atoms with Gasteiger partial charge in [-0.15, -0.1) is 0 Å². The van der Waals surface area contributed by atoms with E-state index < -0.39 is 9.84 Å². The van der Waals surface area contributed by atoms with Crippen molar-refractivity contribution in [1.82, 2.24) is 20.4 Å². The van der Waals surface area contributed by atoms with E-state index in [1.165, 1.54) is 6.26 Å². The van der Waals surface area contributed by atoms with Gasteiger partial charge >= 0.3 is 0 Å². The van der Waals surface area contributed by atoms with Crippen LogP contribution in [0.5, 0.6) is 0 Å². The summed E-state index contributed by atoms with van der Waals surface area (Å²) < 4.78 is 29.4. The van der Waals surface area contributed by atoms with Gasteiger partial charge in [-0.05, 0) is 56.1 Å². The van der Waals surface area contributed by atoms with Crippen LogP contribution in [-0.4, -0.2) is 49.4 Å². The van der Waals surface area contributed by atoms with Crippen molar-refractivity contribution >= 4 is 32.4 Å². The highest BCUT2D eigenvalue weighted by Crippen LogP contribution is 2.39. The molecule has 0 spiro atoms. The Labute approximate surface area is 162 Å². The largest absolute Gasteiger partial charge is 0.350 e. The fourth-order valence-corrected chi connectivity index (χ4v) is 4.82. The first kappa shape index (κ1) is 17.6. The number of anilines is 2. The molecule has 0 saturated carbocycles. The highest BCUT2D eigenvalue weighted by Gasteiger charge is 2.29. The molecule has 0 radical (unpaired) electrons. The maximum absolute atomic E-state index is 11.9. The fourth-order valence-electron chi connectivity index (χ4n) is 4.15. The minimum Gasteiger partial charge on any atom is -0.350 e. The third-order valence-corrected chi connectivity index (χ3v) is 6.73. The van der Waals surface area contributed by atoms with Crippen LogP contribution in [-0.2, 0) is 16.3 Å². The van der Waals surface area contributed by atoms with Gasteiger partial charge in [0, 0.05) is 24.4 Å². The average molecular weight is 399 g/mol. The highest BCUT2D eigenvalue weighted by molar-refractivity contribution is 7.90. The second-order valence-electron chi connectivity index (χ2n) is 7.43. The summed E-state index contributed by atoms with van der Waals surface area (Å²) in [5.41, 5.74) is 4.22. The topological polar surface area (TPSA) is 101 Å². The van der Waals surface area contributed by atoms with Gasteiger partial charge in [0.2, 0.25) is 5.58 Å². The summed E-state index contributed by atoms with van der Waals surface area (Å²) in [7, 11) is -3.23. The molecule has 0 unspecified atom stereocenters. The van der Waals surface area contributed by atoms with E-state index in [-0.39, 0.29) is 0 Å². The molecule has 4 heterocycles. The summed E-state index contributed by atoms with van der Waals surface area (Å²) in [4.78, 5) is 11.3. The van der Waals surface area contributed by atoms with Crippen LogP contribution in [0.4, 0.5) is 11.5 Å². The number of nitrogens with zero attached hydrogens (tertiary/aromatic N) is 4. The van der Waals surface area contributed by atoms with Crippen molar-refractivity contribution in [3.05, 3.63) is 35.8 Å². The summed E-state index contributed by atoms with van der Waals surface area (Å²) in [6.45, 7) is 2.65. The third-order valence-electron chi connectivity index (χ3n) is 5.62. The zero-order chi connectivity index (χ0) is 19.3. The number of aromatic nitrogens is 3. The molecule has 146 valence electrons. The van der Waals surface area contributed by atoms with Crippen molar-refractivity contribution in [2.24, 2.45) is 0 Å². The monoisotopic (exact) mass is 399 g/mol. The van der Waals surface area contributed by atoms with E-state index in [0.29, 0.717) is 28.8 Å². The van der Waals surface area contributed by atoms with E-state index in [1.807, 2.05) is 6.07 Å². The minimum atomic E-state index is -3.23. The van der Waals surface area contributed by atoms with Crippen LogP contribution < -0.4 is 10.2 Å². The number of benzene rings is 1. The lowest BCUT2D eigenvalue weighted by atomic mass is 9.94. The Bertz CT molecular complexity index is 1150. The van der Waals surface area contributed by atoms with Crippen LogP contribution >= 0.6 is 0 Å². The molecule has 3 aromatic rings. The lowest BCUT2D eigenvalue weighted by Gasteiger charge is -2.20. The first-order valence-electron chi connectivity index (χ1n) is 9.44. The predicted octanol–water partition coefficient (Wildman–Crippen LogP) is 2.18. The van der Waals surface area contributed by atoms with Gasteiger partial charge in [-0.25, -0.2) is 18.4 Å². The van der Waals surface area contributed by atoms with Gasteiger partial charge in [0.15, 0.2) is 15.7 Å². The number of piperidine rings is 1. The van der Waals surface area contributed by atoms with Gasteiger partial charge in [-0.3, -0.25) is 0 Å². The Morgan fingerprint density at radius 2 is 2.04 bits per heavy atom. The molecule has 0 atom stereocenters. The summed E-state index contributed by atoms with van der Waals surface area (Å²) in [6, 6.07) is 5.24. The standard InChI is InChI=1S/C19H21N5O3S/c1-28(25,26)14-2-3-15-13(10-14)6-9-24(15)19-18-17(21-11-22-19)16(23-27-18)12-4-7-20-8-5-12/h2-3,10-12,20H,4-9H2,1H3. The SMILES string of the molecule is CS(=O)(=O)c1ccc2c(c1)CCN2c1ncnc2c(C3CCNCC3)noc12. The van der Waals surface area contributed by atoms with Crippen LogP contribution in [0.2, 0.25) is 0 Å². The molecule has 1 N–H and O–H groups in total. The summed E-state index contributed by atoms with van der Waals surface area (Å²) >= 11 is 0. The van der Waals surface area contributed by atoms with Crippen molar-refractivity contribution in [2.45, 2.75) is 30.1 Å². The molecule has 0 amide bonds. The van der Waals surface area contributed by atoms with Gasteiger partial charge in [0.05, 0.1) is 4.90 Å². The lowest BCUT2D eigenvalue weighted by molar-refractivity contribution is 0.404. The molecule has 0 aliphatic carbocycles. The van der Waals surface area contributed by atoms with Crippen LogP contribution in [0.25, 0.3) is 11.1 Å². The van der Waals surface area contributed by atoms with Crippen LogP contribution in [0, 0.1) is 0 Å². The van der Waals surface area contributed by atoms with Gasteiger partial charge in [-0.2, -0.15) is 0 Å². The lowest BCUT2D eigenvalue weighted by Crippen LogP contribution is -2.26. The maximum atomic E-state index is 11.9.